The molecule has 5 N–H and O–H groups in total. The highest BCUT2D eigenvalue weighted by atomic mass is 16.5. The molecule has 0 aromatic rings. The largest absolute Gasteiger partial charge is 0.460 e. The van der Waals surface area contributed by atoms with Crippen LogP contribution in [0.25, 0.3) is 0 Å². The smallest absolute Gasteiger partial charge is 0.306 e. The van der Waals surface area contributed by atoms with Gasteiger partial charge in [-0.1, -0.05) is 52.2 Å². The molecule has 0 spiro atoms. The topological polar surface area (TPSA) is 154 Å². The monoisotopic (exact) mass is 512 g/mol. The highest BCUT2D eigenvalue weighted by molar-refractivity contribution is 5.89. The van der Waals surface area contributed by atoms with Crippen molar-refractivity contribution >= 4 is 17.8 Å². The Morgan fingerprint density at radius 2 is 1.75 bits per heavy atom. The average molecular weight is 513 g/mol. The van der Waals surface area contributed by atoms with Crippen LogP contribution in [0.15, 0.2) is 12.2 Å². The van der Waals surface area contributed by atoms with Crippen molar-refractivity contribution in [1.29, 1.82) is 0 Å². The third-order valence-electron chi connectivity index (χ3n) is 6.71. The van der Waals surface area contributed by atoms with E-state index in [0.29, 0.717) is 18.8 Å². The fourth-order valence-corrected chi connectivity index (χ4v) is 4.56. The minimum absolute atomic E-state index is 0.156. The van der Waals surface area contributed by atoms with Gasteiger partial charge in [-0.2, -0.15) is 0 Å². The molecular formula is C26H44N2O8. The van der Waals surface area contributed by atoms with E-state index < -0.39 is 48.4 Å². The number of esters is 1. The molecule has 2 fully saturated rings. The molecule has 0 bridgehead atoms. The van der Waals surface area contributed by atoms with Gasteiger partial charge in [0.1, 0.15) is 30.5 Å². The second-order valence-electron chi connectivity index (χ2n) is 11.1. The predicted molar refractivity (Wildman–Crippen MR) is 133 cm³/mol. The SMILES string of the molecule is COC(C(=O)NC1CCC(OC(=O)CC2CCCCC2)CNC1=O)C(O)C(O)C(O)C=CC(C)(C)C. The van der Waals surface area contributed by atoms with Crippen molar-refractivity contribution in [2.24, 2.45) is 11.3 Å². The van der Waals surface area contributed by atoms with E-state index in [1.807, 2.05) is 20.8 Å². The van der Waals surface area contributed by atoms with Crippen molar-refractivity contribution in [3.05, 3.63) is 12.2 Å². The number of aliphatic hydroxyl groups excluding tert-OH is 3. The second-order valence-corrected chi connectivity index (χ2v) is 11.1. The molecule has 206 valence electrons. The van der Waals surface area contributed by atoms with E-state index in [9.17, 15) is 29.7 Å². The van der Waals surface area contributed by atoms with Crippen LogP contribution in [-0.2, 0) is 23.9 Å². The molecule has 1 aliphatic heterocycles. The molecule has 0 radical (unpaired) electrons. The molecule has 1 aliphatic carbocycles. The summed E-state index contributed by atoms with van der Waals surface area (Å²) in [6, 6.07) is -0.924. The normalized spacial score (nSPS) is 25.4. The molecule has 36 heavy (non-hydrogen) atoms. The highest BCUT2D eigenvalue weighted by Crippen LogP contribution is 2.27. The summed E-state index contributed by atoms with van der Waals surface area (Å²) < 4.78 is 10.7. The van der Waals surface area contributed by atoms with Crippen LogP contribution in [0.2, 0.25) is 0 Å². The highest BCUT2D eigenvalue weighted by Gasteiger charge is 2.37. The number of amides is 2. The third kappa shape index (κ3) is 9.80. The number of rotatable bonds is 10. The summed E-state index contributed by atoms with van der Waals surface area (Å²) in [6.45, 7) is 5.88. The Morgan fingerprint density at radius 1 is 1.08 bits per heavy atom. The number of hydrogen-bond acceptors (Lipinski definition) is 8. The number of methoxy groups -OCH3 is 1. The van der Waals surface area contributed by atoms with Gasteiger partial charge in [-0.05, 0) is 37.0 Å². The van der Waals surface area contributed by atoms with Gasteiger partial charge in [0.15, 0.2) is 6.10 Å². The lowest BCUT2D eigenvalue weighted by Gasteiger charge is -2.28. The van der Waals surface area contributed by atoms with Crippen LogP contribution in [0.4, 0.5) is 0 Å². The Bertz CT molecular complexity index is 760. The molecule has 2 aliphatic rings. The van der Waals surface area contributed by atoms with Crippen molar-refractivity contribution in [3.63, 3.8) is 0 Å². The molecule has 6 atom stereocenters. The maximum Gasteiger partial charge on any atom is 0.306 e. The standard InChI is InChI=1S/C26H44N2O8/c1-26(2,3)13-12-19(29)21(31)22(32)23(35-4)25(34)28-18-11-10-17(15-27-24(18)33)36-20(30)14-16-8-6-5-7-9-16/h12-13,16-19,21-23,29,31-32H,5-11,14-15H2,1-4H3,(H,27,33)(H,28,34). The van der Waals surface area contributed by atoms with E-state index >= 15 is 0 Å². The van der Waals surface area contributed by atoms with Crippen molar-refractivity contribution in [1.82, 2.24) is 10.6 Å². The number of hydrogen-bond donors (Lipinski definition) is 5. The van der Waals surface area contributed by atoms with Gasteiger partial charge < -0.3 is 35.4 Å². The summed E-state index contributed by atoms with van der Waals surface area (Å²) in [6.07, 6.45) is 2.74. The van der Waals surface area contributed by atoms with Gasteiger partial charge in [0.2, 0.25) is 5.91 Å². The van der Waals surface area contributed by atoms with Crippen LogP contribution in [0.1, 0.15) is 72.1 Å². The third-order valence-corrected chi connectivity index (χ3v) is 6.71. The zero-order valence-corrected chi connectivity index (χ0v) is 21.9. The Hall–Kier alpha value is -2.01. The van der Waals surface area contributed by atoms with Gasteiger partial charge in [-0.25, -0.2) is 0 Å². The van der Waals surface area contributed by atoms with Crippen LogP contribution in [-0.4, -0.2) is 83.3 Å². The number of aliphatic hydroxyl groups is 3. The van der Waals surface area contributed by atoms with Gasteiger partial charge >= 0.3 is 5.97 Å². The van der Waals surface area contributed by atoms with Gasteiger partial charge in [0, 0.05) is 13.5 Å². The lowest BCUT2D eigenvalue weighted by Crippen LogP contribution is -2.55. The molecular weight excluding hydrogens is 468 g/mol. The van der Waals surface area contributed by atoms with Crippen molar-refractivity contribution < 1.29 is 39.2 Å². The molecule has 2 rings (SSSR count). The van der Waals surface area contributed by atoms with E-state index in [-0.39, 0.29) is 24.3 Å². The average Bonchev–Trinajstić information content (AvgIpc) is 2.98. The molecule has 1 saturated carbocycles. The molecule has 1 saturated heterocycles. The second kappa shape index (κ2) is 14.1. The maximum atomic E-state index is 12.8. The summed E-state index contributed by atoms with van der Waals surface area (Å²) >= 11 is 0. The summed E-state index contributed by atoms with van der Waals surface area (Å²) in [5.41, 5.74) is -0.251. The quantitative estimate of drug-likeness (QED) is 0.214. The molecule has 10 heteroatoms. The maximum absolute atomic E-state index is 12.8. The summed E-state index contributed by atoms with van der Waals surface area (Å²) in [5.74, 6) is -1.15. The Morgan fingerprint density at radius 3 is 2.36 bits per heavy atom. The molecule has 2 amide bonds. The lowest BCUT2D eigenvalue weighted by atomic mass is 9.87. The van der Waals surface area contributed by atoms with Gasteiger partial charge in [0.25, 0.3) is 5.91 Å². The Balaban J connectivity index is 1.89. The van der Waals surface area contributed by atoms with E-state index in [1.165, 1.54) is 19.6 Å². The van der Waals surface area contributed by atoms with E-state index in [0.717, 1.165) is 25.7 Å². The summed E-state index contributed by atoms with van der Waals surface area (Å²) in [4.78, 5) is 37.7. The Kier molecular flexibility index (Phi) is 11.8. The van der Waals surface area contributed by atoms with E-state index in [2.05, 4.69) is 10.6 Å². The number of ether oxygens (including phenoxy) is 2. The van der Waals surface area contributed by atoms with Crippen LogP contribution in [0, 0.1) is 11.3 Å². The summed E-state index contributed by atoms with van der Waals surface area (Å²) in [7, 11) is 1.19. The summed E-state index contributed by atoms with van der Waals surface area (Å²) in [5, 5.41) is 36.2. The predicted octanol–water partition coefficient (Wildman–Crippen LogP) is 0.963. The zero-order chi connectivity index (χ0) is 26.9. The Labute approximate surface area is 213 Å². The van der Waals surface area contributed by atoms with Crippen LogP contribution >= 0.6 is 0 Å². The van der Waals surface area contributed by atoms with Gasteiger partial charge in [-0.15, -0.1) is 0 Å². The number of nitrogens with one attached hydrogen (secondary N) is 2. The fourth-order valence-electron chi connectivity index (χ4n) is 4.56. The molecule has 1 heterocycles. The molecule has 0 aromatic carbocycles. The first-order valence-corrected chi connectivity index (χ1v) is 12.9. The molecule has 10 nitrogen and oxygen atoms in total. The first kappa shape index (κ1) is 30.2. The van der Waals surface area contributed by atoms with Crippen LogP contribution in [0.5, 0.6) is 0 Å². The number of carbonyl (C=O) groups excluding carboxylic acids is 3. The van der Waals surface area contributed by atoms with Gasteiger partial charge in [-0.3, -0.25) is 14.4 Å². The van der Waals surface area contributed by atoms with Crippen molar-refractivity contribution in [2.75, 3.05) is 13.7 Å². The fraction of sp³-hybridized carbons (Fsp3) is 0.808. The minimum Gasteiger partial charge on any atom is -0.460 e. The zero-order valence-electron chi connectivity index (χ0n) is 21.9. The van der Waals surface area contributed by atoms with Crippen molar-refractivity contribution in [3.8, 4) is 0 Å². The molecule has 6 unspecified atom stereocenters. The minimum atomic E-state index is -1.74. The lowest BCUT2D eigenvalue weighted by molar-refractivity contribution is -0.151. The van der Waals surface area contributed by atoms with Crippen molar-refractivity contribution in [2.45, 2.75) is 109 Å². The first-order chi connectivity index (χ1) is 16.9. The number of allylic oxidation sites excluding steroid dienone is 1. The van der Waals surface area contributed by atoms with Gasteiger partial charge in [0.05, 0.1) is 6.54 Å². The van der Waals surface area contributed by atoms with E-state index in [4.69, 9.17) is 9.47 Å². The van der Waals surface area contributed by atoms with E-state index in [1.54, 1.807) is 6.08 Å². The number of carbonyl (C=O) groups is 3. The van der Waals surface area contributed by atoms with Crippen LogP contribution < -0.4 is 10.6 Å². The van der Waals surface area contributed by atoms with Crippen LogP contribution in [0.3, 0.4) is 0 Å². The molecule has 0 aromatic heterocycles. The first-order valence-electron chi connectivity index (χ1n) is 12.9.